The molecule has 2 aliphatic rings. The maximum absolute atomic E-state index is 12.8. The molecule has 0 bridgehead atoms. The van der Waals surface area contributed by atoms with Gasteiger partial charge in [-0.05, 0) is 30.9 Å². The second kappa shape index (κ2) is 7.27. The summed E-state index contributed by atoms with van der Waals surface area (Å²) >= 11 is 0. The number of nitrogens with zero attached hydrogens (tertiary/aromatic N) is 4. The second-order valence-electron chi connectivity index (χ2n) is 7.04. The van der Waals surface area contributed by atoms with Crippen molar-refractivity contribution in [1.82, 2.24) is 20.1 Å². The van der Waals surface area contributed by atoms with Gasteiger partial charge in [0.05, 0.1) is 23.6 Å². The Morgan fingerprint density at radius 3 is 2.88 bits per heavy atom. The Morgan fingerprint density at radius 2 is 2.04 bits per heavy atom. The average Bonchev–Trinajstić information content (AvgIpc) is 3.29. The van der Waals surface area contributed by atoms with Gasteiger partial charge in [-0.3, -0.25) is 19.3 Å². The van der Waals surface area contributed by atoms with Gasteiger partial charge in [-0.25, -0.2) is 0 Å². The van der Waals surface area contributed by atoms with E-state index in [0.29, 0.717) is 12.1 Å². The summed E-state index contributed by atoms with van der Waals surface area (Å²) in [6, 6.07) is 2.23. The highest BCUT2D eigenvalue weighted by Gasteiger charge is 2.26. The number of hydrogen-bond donors (Lipinski definition) is 1. The van der Waals surface area contributed by atoms with Crippen molar-refractivity contribution in [1.29, 1.82) is 0 Å². The van der Waals surface area contributed by atoms with Crippen molar-refractivity contribution in [2.75, 3.05) is 11.4 Å². The van der Waals surface area contributed by atoms with Crippen LogP contribution in [0.1, 0.15) is 48.0 Å². The minimum Gasteiger partial charge on any atom is -0.352 e. The van der Waals surface area contributed by atoms with Crippen molar-refractivity contribution in [2.45, 2.75) is 51.1 Å². The number of fused-ring (bicyclic) bond motifs is 1. The van der Waals surface area contributed by atoms with E-state index in [2.05, 4.69) is 15.4 Å². The Labute approximate surface area is 152 Å². The van der Waals surface area contributed by atoms with Gasteiger partial charge in [0.15, 0.2) is 0 Å². The molecular weight excluding hydrogens is 330 g/mol. The molecule has 7 heteroatoms. The molecule has 2 aromatic rings. The van der Waals surface area contributed by atoms with Crippen molar-refractivity contribution in [3.63, 3.8) is 0 Å². The highest BCUT2D eigenvalue weighted by molar-refractivity contribution is 6.06. The van der Waals surface area contributed by atoms with Crippen LogP contribution in [0.5, 0.6) is 0 Å². The third-order valence-corrected chi connectivity index (χ3v) is 5.18. The SMILES string of the molecule is O=C(Cn1cc(C(=O)N2CCc3ccncc32)cn1)NC1CCCCC1. The van der Waals surface area contributed by atoms with Crippen LogP contribution in [0.15, 0.2) is 30.9 Å². The monoisotopic (exact) mass is 353 g/mol. The van der Waals surface area contributed by atoms with Gasteiger partial charge < -0.3 is 10.2 Å². The molecule has 1 N–H and O–H groups in total. The van der Waals surface area contributed by atoms with Crippen LogP contribution in [0.2, 0.25) is 0 Å². The van der Waals surface area contributed by atoms with E-state index in [-0.39, 0.29) is 24.4 Å². The Bertz CT molecular complexity index is 810. The molecule has 2 aromatic heterocycles. The predicted molar refractivity (Wildman–Crippen MR) is 96.9 cm³/mol. The van der Waals surface area contributed by atoms with Crippen molar-refractivity contribution >= 4 is 17.5 Å². The largest absolute Gasteiger partial charge is 0.352 e. The van der Waals surface area contributed by atoms with Gasteiger partial charge in [0, 0.05) is 25.0 Å². The third kappa shape index (κ3) is 3.47. The number of rotatable bonds is 4. The maximum Gasteiger partial charge on any atom is 0.261 e. The predicted octanol–water partition coefficient (Wildman–Crippen LogP) is 1.93. The van der Waals surface area contributed by atoms with Crippen molar-refractivity contribution in [3.05, 3.63) is 42.0 Å². The molecule has 136 valence electrons. The summed E-state index contributed by atoms with van der Waals surface area (Å²) in [4.78, 5) is 30.8. The van der Waals surface area contributed by atoms with Gasteiger partial charge in [0.25, 0.3) is 5.91 Å². The Kier molecular flexibility index (Phi) is 4.69. The number of nitrogens with one attached hydrogen (secondary N) is 1. The van der Waals surface area contributed by atoms with Gasteiger partial charge in [-0.1, -0.05) is 19.3 Å². The first-order valence-electron chi connectivity index (χ1n) is 9.27. The fourth-order valence-corrected chi connectivity index (χ4v) is 3.82. The first-order valence-corrected chi connectivity index (χ1v) is 9.27. The van der Waals surface area contributed by atoms with Crippen LogP contribution in [-0.2, 0) is 17.8 Å². The van der Waals surface area contributed by atoms with Crippen LogP contribution in [-0.4, -0.2) is 39.2 Å². The number of anilines is 1. The fourth-order valence-electron chi connectivity index (χ4n) is 3.82. The van der Waals surface area contributed by atoms with Gasteiger partial charge in [0.2, 0.25) is 5.91 Å². The third-order valence-electron chi connectivity index (χ3n) is 5.18. The minimum atomic E-state index is -0.101. The Hall–Kier alpha value is -2.70. The lowest BCUT2D eigenvalue weighted by Gasteiger charge is -2.22. The quantitative estimate of drug-likeness (QED) is 0.911. The lowest BCUT2D eigenvalue weighted by Crippen LogP contribution is -2.38. The lowest BCUT2D eigenvalue weighted by atomic mass is 9.95. The summed E-state index contributed by atoms with van der Waals surface area (Å²) < 4.78 is 1.53. The van der Waals surface area contributed by atoms with Crippen molar-refractivity contribution in [3.8, 4) is 0 Å². The molecule has 4 rings (SSSR count). The molecule has 26 heavy (non-hydrogen) atoms. The van der Waals surface area contributed by atoms with Crippen LogP contribution in [0, 0.1) is 0 Å². The number of hydrogen-bond acceptors (Lipinski definition) is 4. The standard InChI is InChI=1S/C19H23N5O2/c25-18(22-16-4-2-1-3-5-16)13-23-12-15(10-21-23)19(26)24-9-7-14-6-8-20-11-17(14)24/h6,8,10-12,16H,1-5,7,9,13H2,(H,22,25). The van der Waals surface area contributed by atoms with E-state index < -0.39 is 0 Å². The zero-order valence-corrected chi connectivity index (χ0v) is 14.7. The summed E-state index contributed by atoms with van der Waals surface area (Å²) in [5, 5.41) is 7.26. The van der Waals surface area contributed by atoms with Crippen LogP contribution >= 0.6 is 0 Å². The molecule has 1 aliphatic heterocycles. The van der Waals surface area contributed by atoms with Crippen LogP contribution in [0.25, 0.3) is 0 Å². The van der Waals surface area contributed by atoms with Crippen LogP contribution in [0.4, 0.5) is 5.69 Å². The molecule has 1 saturated carbocycles. The minimum absolute atomic E-state index is 0.0466. The van der Waals surface area contributed by atoms with E-state index in [1.807, 2.05) is 6.07 Å². The highest BCUT2D eigenvalue weighted by Crippen LogP contribution is 2.27. The molecular formula is C19H23N5O2. The number of aromatic nitrogens is 3. The first kappa shape index (κ1) is 16.8. The molecule has 2 amide bonds. The molecule has 1 aliphatic carbocycles. The Morgan fingerprint density at radius 1 is 1.19 bits per heavy atom. The maximum atomic E-state index is 12.8. The molecule has 0 atom stereocenters. The summed E-state index contributed by atoms with van der Waals surface area (Å²) in [7, 11) is 0. The average molecular weight is 353 g/mol. The number of amides is 2. The van der Waals surface area contributed by atoms with E-state index in [0.717, 1.165) is 30.5 Å². The molecule has 7 nitrogen and oxygen atoms in total. The normalized spacial score (nSPS) is 17.2. The number of carbonyl (C=O) groups excluding carboxylic acids is 2. The summed E-state index contributed by atoms with van der Waals surface area (Å²) in [5.41, 5.74) is 2.49. The molecule has 0 radical (unpaired) electrons. The number of carbonyl (C=O) groups is 2. The van der Waals surface area contributed by atoms with E-state index in [9.17, 15) is 9.59 Å². The molecule has 1 fully saturated rings. The van der Waals surface area contributed by atoms with E-state index in [1.165, 1.54) is 30.1 Å². The highest BCUT2D eigenvalue weighted by atomic mass is 16.2. The lowest BCUT2D eigenvalue weighted by molar-refractivity contribution is -0.122. The molecule has 0 unspecified atom stereocenters. The van der Waals surface area contributed by atoms with Gasteiger partial charge in [0.1, 0.15) is 6.54 Å². The second-order valence-corrected chi connectivity index (χ2v) is 7.04. The zero-order chi connectivity index (χ0) is 17.9. The summed E-state index contributed by atoms with van der Waals surface area (Å²) in [6.07, 6.45) is 13.2. The van der Waals surface area contributed by atoms with Gasteiger partial charge in [-0.2, -0.15) is 5.10 Å². The van der Waals surface area contributed by atoms with E-state index >= 15 is 0 Å². The van der Waals surface area contributed by atoms with Crippen LogP contribution < -0.4 is 10.2 Å². The van der Waals surface area contributed by atoms with Gasteiger partial charge >= 0.3 is 0 Å². The van der Waals surface area contributed by atoms with E-state index in [1.54, 1.807) is 23.5 Å². The Balaban J connectivity index is 1.38. The van der Waals surface area contributed by atoms with Crippen molar-refractivity contribution in [2.24, 2.45) is 0 Å². The number of pyridine rings is 1. The smallest absolute Gasteiger partial charge is 0.261 e. The topological polar surface area (TPSA) is 80.1 Å². The molecule has 0 spiro atoms. The van der Waals surface area contributed by atoms with Crippen LogP contribution in [0.3, 0.4) is 0 Å². The van der Waals surface area contributed by atoms with Gasteiger partial charge in [-0.15, -0.1) is 0 Å². The summed E-state index contributed by atoms with van der Waals surface area (Å²) in [5.74, 6) is -0.148. The fraction of sp³-hybridized carbons (Fsp3) is 0.474. The zero-order valence-electron chi connectivity index (χ0n) is 14.7. The van der Waals surface area contributed by atoms with Crippen molar-refractivity contribution < 1.29 is 9.59 Å². The molecule has 0 saturated heterocycles. The summed E-state index contributed by atoms with van der Waals surface area (Å²) in [6.45, 7) is 0.787. The van der Waals surface area contributed by atoms with E-state index in [4.69, 9.17) is 0 Å². The molecule has 3 heterocycles. The first-order chi connectivity index (χ1) is 12.7. The molecule has 0 aromatic carbocycles.